The number of benzene rings is 1. The summed E-state index contributed by atoms with van der Waals surface area (Å²) in [6, 6.07) is 11.2. The fourth-order valence-electron chi connectivity index (χ4n) is 0.649. The molecule has 0 aliphatic rings. The van der Waals surface area contributed by atoms with E-state index in [0.717, 1.165) is 0 Å². The van der Waals surface area contributed by atoms with Crippen molar-refractivity contribution in [2.75, 3.05) is 0 Å². The van der Waals surface area contributed by atoms with Crippen LogP contribution in [-0.2, 0) is 0 Å². The first-order valence-corrected chi connectivity index (χ1v) is 9.86. The van der Waals surface area contributed by atoms with Crippen LogP contribution in [0.4, 0.5) is 0 Å². The van der Waals surface area contributed by atoms with Crippen molar-refractivity contribution in [2.24, 2.45) is 0 Å². The van der Waals surface area contributed by atoms with Crippen LogP contribution >= 0.6 is 0 Å². The molecule has 2 heteroatoms. The molecule has 0 aliphatic heterocycles. The Kier molecular flexibility index (Phi) is 4.01. The molecule has 1 aromatic rings. The fourth-order valence-corrected chi connectivity index (χ4v) is 4.84. The summed E-state index contributed by atoms with van der Waals surface area (Å²) in [7, 11) is -1.15. The minimum atomic E-state index is -1.15. The quantitative estimate of drug-likeness (QED) is 0.286. The Morgan fingerprint density at radius 3 is 2.38 bits per heavy atom. The highest BCUT2D eigenvalue weighted by molar-refractivity contribution is 6.83. The summed E-state index contributed by atoms with van der Waals surface area (Å²) in [5.74, 6) is 0. The normalized spacial score (nSPS) is 10.4. The average molecular weight is 300 g/mol. The molecule has 0 amide bonds. The Labute approximate surface area is 92.0 Å². The molecule has 0 atom stereocenters. The molecule has 0 unspecified atom stereocenters. The lowest BCUT2D eigenvalue weighted by Crippen LogP contribution is -3.59. The van der Waals surface area contributed by atoms with Crippen molar-refractivity contribution in [2.45, 2.75) is 19.6 Å². The van der Waals surface area contributed by atoms with Crippen LogP contribution in [0.5, 0.6) is 0 Å². The summed E-state index contributed by atoms with van der Waals surface area (Å²) in [5.41, 5.74) is 3.40. The zero-order valence-corrected chi connectivity index (χ0v) is 11.3. The Morgan fingerprint density at radius 2 is 1.85 bits per heavy atom. The predicted molar refractivity (Wildman–Crippen MR) is 55.1 cm³/mol. The second-order valence-electron chi connectivity index (χ2n) is 3.78. The second kappa shape index (κ2) is 4.82. The number of halogens is 1. The molecular formula is C11H13ISi. The minimum Gasteiger partial charge on any atom is -0.184 e. The Hall–Kier alpha value is -0.273. The highest BCUT2D eigenvalue weighted by atomic mass is 127. The third-order valence-electron chi connectivity index (χ3n) is 1.26. The molecule has 68 valence electrons. The molecule has 0 heterocycles. The first-order chi connectivity index (χ1) is 6.08. The maximum Gasteiger partial charge on any atom is 0.390 e. The van der Waals surface area contributed by atoms with E-state index in [2.05, 4.69) is 47.3 Å². The molecule has 0 saturated carbocycles. The van der Waals surface area contributed by atoms with E-state index < -0.39 is 8.07 Å². The molecule has 1 rings (SSSR count). The number of hydrogen-bond acceptors (Lipinski definition) is 0. The molecule has 0 aromatic heterocycles. The monoisotopic (exact) mass is 300 g/mol. The van der Waals surface area contributed by atoms with E-state index in [1.54, 1.807) is 0 Å². The Morgan fingerprint density at radius 1 is 1.23 bits per heavy atom. The van der Waals surface area contributed by atoms with Gasteiger partial charge in [-0.3, -0.25) is 0 Å². The summed E-state index contributed by atoms with van der Waals surface area (Å²) in [6.45, 7) is 6.84. The van der Waals surface area contributed by atoms with Crippen molar-refractivity contribution < 1.29 is 21.2 Å². The zero-order chi connectivity index (χ0) is 9.73. The van der Waals surface area contributed by atoms with E-state index in [-0.39, 0.29) is 21.2 Å². The van der Waals surface area contributed by atoms with E-state index in [4.69, 9.17) is 0 Å². The fraction of sp³-hybridized carbons (Fsp3) is 0.273. The van der Waals surface area contributed by atoms with Crippen LogP contribution < -0.4 is 21.2 Å². The average Bonchev–Trinajstić information content (AvgIpc) is 2.04. The van der Waals surface area contributed by atoms with Crippen LogP contribution in [-0.4, -0.2) is 8.07 Å². The van der Waals surface area contributed by atoms with Gasteiger partial charge >= 0.3 is 21.2 Å². The molecule has 0 nitrogen and oxygen atoms in total. The van der Waals surface area contributed by atoms with Crippen molar-refractivity contribution in [1.82, 2.24) is 0 Å². The van der Waals surface area contributed by atoms with Crippen molar-refractivity contribution in [3.05, 3.63) is 33.9 Å². The van der Waals surface area contributed by atoms with Gasteiger partial charge in [0.2, 0.25) is 0 Å². The summed E-state index contributed by atoms with van der Waals surface area (Å²) in [6.07, 6.45) is 0. The van der Waals surface area contributed by atoms with Gasteiger partial charge in [0.1, 0.15) is 8.07 Å². The maximum atomic E-state index is 3.40. The van der Waals surface area contributed by atoms with E-state index >= 15 is 0 Å². The van der Waals surface area contributed by atoms with Gasteiger partial charge in [-0.15, -0.1) is 12.1 Å². The van der Waals surface area contributed by atoms with E-state index in [1.165, 1.54) is 3.57 Å². The van der Waals surface area contributed by atoms with Gasteiger partial charge in [-0.2, -0.15) is 18.2 Å². The maximum absolute atomic E-state index is 3.40. The first-order valence-electron chi connectivity index (χ1n) is 4.20. The lowest BCUT2D eigenvalue weighted by Gasteiger charge is -2.00. The van der Waals surface area contributed by atoms with Crippen molar-refractivity contribution >= 4 is 8.07 Å². The van der Waals surface area contributed by atoms with Crippen molar-refractivity contribution in [3.8, 4) is 9.47 Å². The summed E-state index contributed by atoms with van der Waals surface area (Å²) in [4.78, 5) is 0. The van der Waals surface area contributed by atoms with Crippen molar-refractivity contribution in [3.63, 3.8) is 0 Å². The smallest absolute Gasteiger partial charge is 0.184 e. The number of rotatable bonds is 1. The van der Waals surface area contributed by atoms with Gasteiger partial charge in [0.25, 0.3) is 0 Å². The molecule has 0 spiro atoms. The van der Waals surface area contributed by atoms with Crippen LogP contribution in [0, 0.1) is 19.1 Å². The molecule has 0 fully saturated rings. The lowest BCUT2D eigenvalue weighted by molar-refractivity contribution is -0.535. The summed E-state index contributed by atoms with van der Waals surface area (Å²) < 4.78 is 4.74. The van der Waals surface area contributed by atoms with Gasteiger partial charge in [-0.1, -0.05) is 25.2 Å². The molecular weight excluding hydrogens is 287 g/mol. The second-order valence-corrected chi connectivity index (χ2v) is 10.9. The van der Waals surface area contributed by atoms with Crippen LogP contribution in [0.15, 0.2) is 24.3 Å². The third kappa shape index (κ3) is 5.12. The summed E-state index contributed by atoms with van der Waals surface area (Å²) >= 11 is -0.0856. The Balaban J connectivity index is 2.56. The first kappa shape index (κ1) is 10.8. The van der Waals surface area contributed by atoms with Gasteiger partial charge < -0.3 is 0 Å². The van der Waals surface area contributed by atoms with Gasteiger partial charge in [-0.05, 0) is 0 Å². The topological polar surface area (TPSA) is 0 Å². The molecule has 0 aliphatic carbocycles. The van der Waals surface area contributed by atoms with Gasteiger partial charge in [0.05, 0.1) is 3.57 Å². The van der Waals surface area contributed by atoms with Gasteiger partial charge in [-0.25, -0.2) is 0 Å². The molecule has 1 aromatic carbocycles. The van der Waals surface area contributed by atoms with Crippen LogP contribution in [0.3, 0.4) is 0 Å². The lowest BCUT2D eigenvalue weighted by atomic mass is 10.4. The minimum absolute atomic E-state index is 0.0856. The van der Waals surface area contributed by atoms with Crippen LogP contribution in [0.1, 0.15) is 0 Å². The number of hydrogen-bond donors (Lipinski definition) is 0. The van der Waals surface area contributed by atoms with E-state index in [9.17, 15) is 0 Å². The highest BCUT2D eigenvalue weighted by Gasteiger charge is 2.10. The molecule has 0 bridgehead atoms. The molecule has 13 heavy (non-hydrogen) atoms. The van der Waals surface area contributed by atoms with Gasteiger partial charge in [0.15, 0.2) is 3.93 Å². The van der Waals surface area contributed by atoms with Crippen LogP contribution in [0.25, 0.3) is 0 Å². The largest absolute Gasteiger partial charge is 0.390 e. The highest BCUT2D eigenvalue weighted by Crippen LogP contribution is 1.94. The predicted octanol–water partition coefficient (Wildman–Crippen LogP) is -0.416. The molecule has 0 radical (unpaired) electrons. The zero-order valence-electron chi connectivity index (χ0n) is 8.19. The van der Waals surface area contributed by atoms with E-state index in [1.807, 2.05) is 12.1 Å². The van der Waals surface area contributed by atoms with Crippen LogP contribution in [0.2, 0.25) is 19.6 Å². The summed E-state index contributed by atoms with van der Waals surface area (Å²) in [5, 5.41) is 0. The molecule has 0 saturated heterocycles. The standard InChI is InChI=1S/C11H13ISi/c1-13(2,3)10-9-12-11-7-5-4-6-8-11/h5-8H,1-3H3. The Bertz CT molecular complexity index is 313. The molecule has 0 N–H and O–H groups in total. The van der Waals surface area contributed by atoms with Crippen molar-refractivity contribution in [1.29, 1.82) is 0 Å². The SMILES string of the molecule is C[Si](C)(C)C#C[I+]c1cc[c-]cc1. The van der Waals surface area contributed by atoms with Gasteiger partial charge in [0, 0.05) is 0 Å². The van der Waals surface area contributed by atoms with E-state index in [0.29, 0.717) is 0 Å². The third-order valence-corrected chi connectivity index (χ3v) is 4.52.